The van der Waals surface area contributed by atoms with Crippen LogP contribution in [0.25, 0.3) is 10.2 Å². The first kappa shape index (κ1) is 17.0. The van der Waals surface area contributed by atoms with Gasteiger partial charge in [-0.1, -0.05) is 29.3 Å². The van der Waals surface area contributed by atoms with Crippen molar-refractivity contribution in [2.45, 2.75) is 13.3 Å². The zero-order chi connectivity index (χ0) is 17.3. The number of nitrogens with zero attached hydrogens (tertiary/aromatic N) is 1. The van der Waals surface area contributed by atoms with Gasteiger partial charge in [0, 0.05) is 6.42 Å². The van der Waals surface area contributed by atoms with Crippen LogP contribution in [0.4, 0.5) is 0 Å². The van der Waals surface area contributed by atoms with Crippen molar-refractivity contribution in [2.24, 2.45) is 0 Å². The third kappa shape index (κ3) is 3.45. The molecule has 0 aliphatic carbocycles. The Morgan fingerprint density at radius 3 is 2.79 bits per heavy atom. The summed E-state index contributed by atoms with van der Waals surface area (Å²) < 4.78 is 5.35. The maximum Gasteiger partial charge on any atom is 0.348 e. The number of nitrogens with one attached hydrogen (secondary N) is 1. The zero-order valence-corrected chi connectivity index (χ0v) is 14.9. The van der Waals surface area contributed by atoms with Gasteiger partial charge in [-0.25, -0.2) is 9.78 Å². The van der Waals surface area contributed by atoms with Gasteiger partial charge in [0.2, 0.25) is 0 Å². The third-order valence-electron chi connectivity index (χ3n) is 3.26. The highest BCUT2D eigenvalue weighted by atomic mass is 35.5. The lowest BCUT2D eigenvalue weighted by atomic mass is 10.1. The van der Waals surface area contributed by atoms with E-state index >= 15 is 0 Å². The second-order valence-corrected chi connectivity index (χ2v) is 6.85. The number of esters is 1. The maximum atomic E-state index is 12.2. The number of fused-ring (bicyclic) bond motifs is 1. The number of hydrogen-bond donors (Lipinski definition) is 1. The Balaban J connectivity index is 1.96. The first-order chi connectivity index (χ1) is 11.5. The quantitative estimate of drug-likeness (QED) is 0.690. The third-order valence-corrected chi connectivity index (χ3v) is 5.11. The summed E-state index contributed by atoms with van der Waals surface area (Å²) in [6, 6.07) is 6.81. The molecular formula is C16H12Cl2N2O3S. The molecule has 0 spiro atoms. The van der Waals surface area contributed by atoms with E-state index in [-0.39, 0.29) is 12.2 Å². The summed E-state index contributed by atoms with van der Waals surface area (Å²) in [5, 5.41) is 0.909. The predicted octanol–water partition coefficient (Wildman–Crippen LogP) is 4.06. The normalized spacial score (nSPS) is 11.0. The van der Waals surface area contributed by atoms with Crippen LogP contribution < -0.4 is 5.56 Å². The van der Waals surface area contributed by atoms with E-state index in [9.17, 15) is 9.59 Å². The smallest absolute Gasteiger partial charge is 0.348 e. The summed E-state index contributed by atoms with van der Waals surface area (Å²) in [4.78, 5) is 31.5. The predicted molar refractivity (Wildman–Crippen MR) is 95.5 cm³/mol. The maximum absolute atomic E-state index is 12.2. The van der Waals surface area contributed by atoms with Crippen LogP contribution in [0.15, 0.2) is 29.1 Å². The molecule has 24 heavy (non-hydrogen) atoms. The molecule has 0 unspecified atom stereocenters. The molecule has 124 valence electrons. The van der Waals surface area contributed by atoms with Gasteiger partial charge < -0.3 is 9.72 Å². The molecule has 1 N–H and O–H groups in total. The van der Waals surface area contributed by atoms with Gasteiger partial charge in [0.15, 0.2) is 0 Å². The molecular weight excluding hydrogens is 371 g/mol. The minimum absolute atomic E-state index is 0.277. The van der Waals surface area contributed by atoms with Crippen LogP contribution in [0, 0.1) is 0 Å². The van der Waals surface area contributed by atoms with E-state index in [4.69, 9.17) is 27.9 Å². The molecule has 0 saturated carbocycles. The van der Waals surface area contributed by atoms with Gasteiger partial charge in [0.1, 0.15) is 15.4 Å². The molecule has 5 nitrogen and oxygen atoms in total. The fourth-order valence-electron chi connectivity index (χ4n) is 2.22. The Hall–Kier alpha value is -1.89. The second kappa shape index (κ2) is 6.93. The number of benzene rings is 1. The number of ether oxygens (including phenoxy) is 1. The largest absolute Gasteiger partial charge is 0.462 e. The summed E-state index contributed by atoms with van der Waals surface area (Å²) in [7, 11) is 0. The standard InChI is InChI=1S/C16H12Cl2N2O3S/c1-2-23-16(22)12-7-11-14(24-12)15(21)20-13(19-11)6-8-3-4-9(17)10(18)5-8/h3-5,7H,2,6H2,1H3,(H,19,20,21). The number of rotatable bonds is 4. The average molecular weight is 383 g/mol. The Kier molecular flexibility index (Phi) is 4.89. The van der Waals surface area contributed by atoms with Crippen molar-refractivity contribution in [1.29, 1.82) is 0 Å². The zero-order valence-electron chi connectivity index (χ0n) is 12.6. The van der Waals surface area contributed by atoms with Crippen LogP contribution in [-0.4, -0.2) is 22.5 Å². The molecule has 3 aromatic rings. The van der Waals surface area contributed by atoms with Crippen LogP contribution in [0.2, 0.25) is 10.0 Å². The first-order valence-corrected chi connectivity index (χ1v) is 8.69. The lowest BCUT2D eigenvalue weighted by Gasteiger charge is -2.03. The summed E-state index contributed by atoms with van der Waals surface area (Å²) in [6.07, 6.45) is 0.395. The molecule has 0 radical (unpaired) electrons. The highest BCUT2D eigenvalue weighted by molar-refractivity contribution is 7.20. The van der Waals surface area contributed by atoms with E-state index in [2.05, 4.69) is 9.97 Å². The van der Waals surface area contributed by atoms with Crippen molar-refractivity contribution in [3.8, 4) is 0 Å². The lowest BCUT2D eigenvalue weighted by Crippen LogP contribution is -2.10. The summed E-state index contributed by atoms with van der Waals surface area (Å²) in [5.41, 5.74) is 1.06. The van der Waals surface area contributed by atoms with Gasteiger partial charge in [-0.2, -0.15) is 0 Å². The molecule has 1 aromatic carbocycles. The van der Waals surface area contributed by atoms with Crippen molar-refractivity contribution in [1.82, 2.24) is 9.97 Å². The van der Waals surface area contributed by atoms with Gasteiger partial charge in [-0.3, -0.25) is 4.79 Å². The number of thiophene rings is 1. The number of carbonyl (C=O) groups is 1. The van der Waals surface area contributed by atoms with E-state index in [1.54, 1.807) is 25.1 Å². The van der Waals surface area contributed by atoms with Gasteiger partial charge >= 0.3 is 5.97 Å². The van der Waals surface area contributed by atoms with Crippen LogP contribution in [0.5, 0.6) is 0 Å². The van der Waals surface area contributed by atoms with Crippen LogP contribution >= 0.6 is 34.5 Å². The Morgan fingerprint density at radius 1 is 1.29 bits per heavy atom. The van der Waals surface area contributed by atoms with Crippen molar-refractivity contribution < 1.29 is 9.53 Å². The molecule has 0 aliphatic rings. The van der Waals surface area contributed by atoms with Crippen molar-refractivity contribution in [3.63, 3.8) is 0 Å². The van der Waals surface area contributed by atoms with E-state index in [1.165, 1.54) is 0 Å². The molecule has 2 aromatic heterocycles. The summed E-state index contributed by atoms with van der Waals surface area (Å²) >= 11 is 13.0. The summed E-state index contributed by atoms with van der Waals surface area (Å²) in [6.45, 7) is 2.01. The van der Waals surface area contributed by atoms with Crippen molar-refractivity contribution >= 4 is 50.7 Å². The van der Waals surface area contributed by atoms with Crippen LogP contribution in [0.1, 0.15) is 28.0 Å². The van der Waals surface area contributed by atoms with Crippen molar-refractivity contribution in [2.75, 3.05) is 6.61 Å². The molecule has 0 fully saturated rings. The van der Waals surface area contributed by atoms with E-state index in [0.29, 0.717) is 37.4 Å². The molecule has 0 amide bonds. The molecule has 0 aliphatic heterocycles. The molecule has 0 saturated heterocycles. The number of hydrogen-bond acceptors (Lipinski definition) is 5. The molecule has 0 atom stereocenters. The van der Waals surface area contributed by atoms with Crippen LogP contribution in [0.3, 0.4) is 0 Å². The first-order valence-electron chi connectivity index (χ1n) is 7.11. The van der Waals surface area contributed by atoms with Gasteiger partial charge in [-0.15, -0.1) is 11.3 Å². The second-order valence-electron chi connectivity index (χ2n) is 4.98. The molecule has 8 heteroatoms. The van der Waals surface area contributed by atoms with Crippen LogP contribution in [-0.2, 0) is 11.2 Å². The number of H-pyrrole nitrogens is 1. The number of halogens is 2. The Bertz CT molecular complexity index is 981. The fraction of sp³-hybridized carbons (Fsp3) is 0.188. The van der Waals surface area contributed by atoms with Crippen molar-refractivity contribution in [3.05, 3.63) is 60.9 Å². The highest BCUT2D eigenvalue weighted by Gasteiger charge is 2.15. The SMILES string of the molecule is CCOC(=O)c1cc2nc(Cc3ccc(Cl)c(Cl)c3)[nH]c(=O)c2s1. The topological polar surface area (TPSA) is 72.0 Å². The van der Waals surface area contributed by atoms with E-state index in [1.807, 2.05) is 6.07 Å². The lowest BCUT2D eigenvalue weighted by molar-refractivity contribution is 0.0532. The average Bonchev–Trinajstić information content (AvgIpc) is 2.96. The Labute approximate surface area is 151 Å². The fourth-order valence-corrected chi connectivity index (χ4v) is 3.42. The molecule has 3 rings (SSSR count). The van der Waals surface area contributed by atoms with E-state index in [0.717, 1.165) is 16.9 Å². The van der Waals surface area contributed by atoms with Gasteiger partial charge in [-0.05, 0) is 30.7 Å². The monoisotopic (exact) mass is 382 g/mol. The molecule has 2 heterocycles. The number of carbonyl (C=O) groups excluding carboxylic acids is 1. The minimum atomic E-state index is -0.453. The molecule has 0 bridgehead atoms. The highest BCUT2D eigenvalue weighted by Crippen LogP contribution is 2.25. The number of aromatic amines is 1. The van der Waals surface area contributed by atoms with E-state index < -0.39 is 5.97 Å². The number of aromatic nitrogens is 2. The van der Waals surface area contributed by atoms with Gasteiger partial charge in [0.25, 0.3) is 5.56 Å². The minimum Gasteiger partial charge on any atom is -0.462 e. The van der Waals surface area contributed by atoms with Gasteiger partial charge in [0.05, 0.1) is 22.2 Å². The Morgan fingerprint density at radius 2 is 2.08 bits per heavy atom. The summed E-state index contributed by atoms with van der Waals surface area (Å²) in [5.74, 6) is 0.0324.